The van der Waals surface area contributed by atoms with E-state index in [1.165, 1.54) is 9.08 Å². The fourth-order valence-electron chi connectivity index (χ4n) is 2.64. The lowest BCUT2D eigenvalue weighted by Crippen LogP contribution is -2.30. The van der Waals surface area contributed by atoms with E-state index in [4.69, 9.17) is 0 Å². The van der Waals surface area contributed by atoms with Crippen LogP contribution in [-0.2, 0) is 6.54 Å². The number of hydrogen-bond donors (Lipinski definition) is 2. The predicted octanol–water partition coefficient (Wildman–Crippen LogP) is 2.71. The molecule has 0 aliphatic heterocycles. The van der Waals surface area contributed by atoms with Crippen molar-refractivity contribution in [2.45, 2.75) is 26.8 Å². The Morgan fingerprint density at radius 1 is 1.19 bits per heavy atom. The van der Waals surface area contributed by atoms with Gasteiger partial charge in [0.1, 0.15) is 0 Å². The number of benzene rings is 1. The molecule has 3 aromatic rings. The molecule has 1 aromatic carbocycles. The summed E-state index contributed by atoms with van der Waals surface area (Å²) in [7, 11) is 0. The van der Waals surface area contributed by atoms with E-state index in [9.17, 15) is 9.59 Å². The lowest BCUT2D eigenvalue weighted by Gasteiger charge is -2.10. The maximum atomic E-state index is 12.4. The second-order valence-electron chi connectivity index (χ2n) is 6.63. The van der Waals surface area contributed by atoms with Crippen LogP contribution in [0.25, 0.3) is 5.65 Å². The van der Waals surface area contributed by atoms with E-state index in [0.29, 0.717) is 30.3 Å². The molecular formula is C19H23N5O2. The average Bonchev–Trinajstić information content (AvgIpc) is 2.91. The molecular weight excluding hydrogens is 330 g/mol. The summed E-state index contributed by atoms with van der Waals surface area (Å²) in [5.74, 6) is 0.544. The van der Waals surface area contributed by atoms with Gasteiger partial charge in [-0.15, -0.1) is 5.10 Å². The topological polar surface area (TPSA) is 80.4 Å². The lowest BCUT2D eigenvalue weighted by molar-refractivity contribution is 0.251. The zero-order chi connectivity index (χ0) is 18.5. The minimum absolute atomic E-state index is 0.189. The van der Waals surface area contributed by atoms with Gasteiger partial charge in [0.25, 0.3) is 0 Å². The number of fused-ring (bicyclic) bond motifs is 1. The van der Waals surface area contributed by atoms with Crippen LogP contribution in [0.15, 0.2) is 53.5 Å². The Morgan fingerprint density at radius 2 is 2.04 bits per heavy atom. The smallest absolute Gasteiger partial charge is 0.338 e. The molecule has 136 valence electrons. The van der Waals surface area contributed by atoms with Crippen molar-refractivity contribution in [3.05, 3.63) is 64.7 Å². The van der Waals surface area contributed by atoms with Gasteiger partial charge in [0.15, 0.2) is 5.65 Å². The molecule has 0 aliphatic carbocycles. The number of pyridine rings is 1. The molecule has 0 atom stereocenters. The highest BCUT2D eigenvalue weighted by Crippen LogP contribution is 2.11. The summed E-state index contributed by atoms with van der Waals surface area (Å²) in [5.41, 5.74) is 1.98. The largest absolute Gasteiger partial charge is 0.350 e. The van der Waals surface area contributed by atoms with Gasteiger partial charge in [0.2, 0.25) is 0 Å². The molecule has 0 saturated carbocycles. The SMILES string of the molecule is CC(C)CCNC(=O)Nc1cccc(Cn2nc3ccccn3c2=O)c1. The van der Waals surface area contributed by atoms with Crippen molar-refractivity contribution in [2.75, 3.05) is 11.9 Å². The summed E-state index contributed by atoms with van der Waals surface area (Å²) >= 11 is 0. The quantitative estimate of drug-likeness (QED) is 0.715. The number of urea groups is 1. The molecule has 0 radical (unpaired) electrons. The number of carbonyl (C=O) groups excluding carboxylic acids is 1. The van der Waals surface area contributed by atoms with E-state index in [1.54, 1.807) is 18.3 Å². The van der Waals surface area contributed by atoms with E-state index < -0.39 is 0 Å². The van der Waals surface area contributed by atoms with Crippen LogP contribution in [0.5, 0.6) is 0 Å². The van der Waals surface area contributed by atoms with Crippen LogP contribution in [0.1, 0.15) is 25.8 Å². The van der Waals surface area contributed by atoms with Gasteiger partial charge in [-0.1, -0.05) is 32.0 Å². The normalized spacial score (nSPS) is 11.0. The number of rotatable bonds is 6. The third-order valence-corrected chi connectivity index (χ3v) is 4.01. The highest BCUT2D eigenvalue weighted by molar-refractivity contribution is 5.89. The number of nitrogens with zero attached hydrogens (tertiary/aromatic N) is 3. The van der Waals surface area contributed by atoms with Gasteiger partial charge in [0.05, 0.1) is 6.54 Å². The van der Waals surface area contributed by atoms with Gasteiger partial charge in [-0.05, 0) is 42.2 Å². The van der Waals surface area contributed by atoms with E-state index in [1.807, 2.05) is 30.3 Å². The molecule has 2 aromatic heterocycles. The molecule has 0 bridgehead atoms. The van der Waals surface area contributed by atoms with Crippen LogP contribution in [0.3, 0.4) is 0 Å². The fraction of sp³-hybridized carbons (Fsp3) is 0.316. The molecule has 0 unspecified atom stereocenters. The second kappa shape index (κ2) is 7.86. The number of carbonyl (C=O) groups is 1. The average molecular weight is 353 g/mol. The number of hydrogen-bond acceptors (Lipinski definition) is 3. The number of aromatic nitrogens is 3. The van der Waals surface area contributed by atoms with Crippen LogP contribution in [-0.4, -0.2) is 26.8 Å². The molecule has 26 heavy (non-hydrogen) atoms. The Hall–Kier alpha value is -3.09. The molecule has 2 amide bonds. The summed E-state index contributed by atoms with van der Waals surface area (Å²) in [6.45, 7) is 5.21. The monoisotopic (exact) mass is 353 g/mol. The molecule has 0 aliphatic rings. The summed E-state index contributed by atoms with van der Waals surface area (Å²) in [4.78, 5) is 24.3. The van der Waals surface area contributed by atoms with Crippen LogP contribution < -0.4 is 16.3 Å². The third kappa shape index (κ3) is 4.30. The van der Waals surface area contributed by atoms with Crippen molar-refractivity contribution < 1.29 is 4.79 Å². The molecule has 2 N–H and O–H groups in total. The van der Waals surface area contributed by atoms with Crippen molar-refractivity contribution in [1.82, 2.24) is 19.5 Å². The van der Waals surface area contributed by atoms with Crippen molar-refractivity contribution in [3.8, 4) is 0 Å². The van der Waals surface area contributed by atoms with Gasteiger partial charge >= 0.3 is 11.7 Å². The van der Waals surface area contributed by atoms with Crippen LogP contribution in [0.4, 0.5) is 10.5 Å². The first kappa shape index (κ1) is 17.7. The van der Waals surface area contributed by atoms with E-state index in [0.717, 1.165) is 12.0 Å². The number of amides is 2. The molecule has 2 heterocycles. The first-order chi connectivity index (χ1) is 12.5. The van der Waals surface area contributed by atoms with Crippen molar-refractivity contribution in [3.63, 3.8) is 0 Å². The minimum atomic E-state index is -0.229. The van der Waals surface area contributed by atoms with Crippen LogP contribution in [0.2, 0.25) is 0 Å². The second-order valence-corrected chi connectivity index (χ2v) is 6.63. The molecule has 3 rings (SSSR count). The highest BCUT2D eigenvalue weighted by atomic mass is 16.2. The Balaban J connectivity index is 1.68. The number of nitrogens with one attached hydrogen (secondary N) is 2. The minimum Gasteiger partial charge on any atom is -0.338 e. The Kier molecular flexibility index (Phi) is 5.36. The van der Waals surface area contributed by atoms with E-state index in [2.05, 4.69) is 29.6 Å². The van der Waals surface area contributed by atoms with Crippen molar-refractivity contribution >= 4 is 17.4 Å². The fourth-order valence-corrected chi connectivity index (χ4v) is 2.64. The number of anilines is 1. The third-order valence-electron chi connectivity index (χ3n) is 4.01. The van der Waals surface area contributed by atoms with Crippen molar-refractivity contribution in [1.29, 1.82) is 0 Å². The Labute approximate surface area is 151 Å². The summed E-state index contributed by atoms with van der Waals surface area (Å²) < 4.78 is 2.92. The molecule has 0 spiro atoms. The van der Waals surface area contributed by atoms with Gasteiger partial charge in [0, 0.05) is 18.4 Å². The summed E-state index contributed by atoms with van der Waals surface area (Å²) in [6.07, 6.45) is 2.63. The zero-order valence-corrected chi connectivity index (χ0v) is 15.0. The molecule has 7 heteroatoms. The maximum Gasteiger partial charge on any atom is 0.350 e. The standard InChI is InChI=1S/C19H23N5O2/c1-14(2)9-10-20-18(25)21-16-7-5-6-15(12-16)13-24-19(26)23-11-4-3-8-17(23)22-24/h3-8,11-12,14H,9-10,13H2,1-2H3,(H2,20,21,25). The maximum absolute atomic E-state index is 12.4. The summed E-state index contributed by atoms with van der Waals surface area (Å²) in [5, 5.41) is 9.98. The van der Waals surface area contributed by atoms with Crippen LogP contribution in [0, 0.1) is 5.92 Å². The van der Waals surface area contributed by atoms with Gasteiger partial charge < -0.3 is 10.6 Å². The first-order valence-corrected chi connectivity index (χ1v) is 8.71. The predicted molar refractivity (Wildman–Crippen MR) is 101 cm³/mol. The van der Waals surface area contributed by atoms with Crippen molar-refractivity contribution in [2.24, 2.45) is 5.92 Å². The molecule has 7 nitrogen and oxygen atoms in total. The molecule has 0 saturated heterocycles. The van der Waals surface area contributed by atoms with Crippen LogP contribution >= 0.6 is 0 Å². The van der Waals surface area contributed by atoms with E-state index >= 15 is 0 Å². The first-order valence-electron chi connectivity index (χ1n) is 8.71. The Morgan fingerprint density at radius 3 is 2.81 bits per heavy atom. The lowest BCUT2D eigenvalue weighted by atomic mass is 10.1. The summed E-state index contributed by atoms with van der Waals surface area (Å²) in [6, 6.07) is 12.6. The highest BCUT2D eigenvalue weighted by Gasteiger charge is 2.08. The van der Waals surface area contributed by atoms with E-state index in [-0.39, 0.29) is 11.7 Å². The Bertz CT molecular complexity index is 958. The zero-order valence-electron chi connectivity index (χ0n) is 15.0. The van der Waals surface area contributed by atoms with Gasteiger partial charge in [-0.3, -0.25) is 4.40 Å². The van der Waals surface area contributed by atoms with Gasteiger partial charge in [-0.2, -0.15) is 0 Å². The molecule has 0 fully saturated rings. The van der Waals surface area contributed by atoms with Gasteiger partial charge in [-0.25, -0.2) is 14.3 Å².